The molecule has 0 bridgehead atoms. The molecule has 2 heterocycles. The number of hydrogen-bond acceptors (Lipinski definition) is 4. The predicted octanol–water partition coefficient (Wildman–Crippen LogP) is 2.49. The van der Waals surface area contributed by atoms with Crippen molar-refractivity contribution in [3.8, 4) is 0 Å². The summed E-state index contributed by atoms with van der Waals surface area (Å²) in [7, 11) is 1.87. The van der Waals surface area contributed by atoms with Gasteiger partial charge in [0.15, 0.2) is 0 Å². The largest absolute Gasteiger partial charge is 0.303 e. The van der Waals surface area contributed by atoms with Gasteiger partial charge in [-0.1, -0.05) is 13.3 Å². The van der Waals surface area contributed by atoms with Gasteiger partial charge >= 0.3 is 0 Å². The summed E-state index contributed by atoms with van der Waals surface area (Å²) >= 11 is 0. The molecule has 1 unspecified atom stereocenters. The topological polar surface area (TPSA) is 64.8 Å². The zero-order valence-corrected chi connectivity index (χ0v) is 13.0. The van der Waals surface area contributed by atoms with E-state index in [1.807, 2.05) is 27.0 Å². The van der Waals surface area contributed by atoms with E-state index in [0.717, 1.165) is 29.3 Å². The van der Waals surface area contributed by atoms with Crippen LogP contribution in [0, 0.1) is 6.92 Å². The Hall–Kier alpha value is -2.04. The fourth-order valence-electron chi connectivity index (χ4n) is 2.99. The van der Waals surface area contributed by atoms with Crippen LogP contribution in [0.4, 0.5) is 0 Å². The number of carbonyl (C=O) groups excluding carboxylic acids is 2. The number of rotatable bonds is 6. The summed E-state index contributed by atoms with van der Waals surface area (Å²) in [5.41, 5.74) is 1.69. The monoisotopic (exact) mass is 287 g/mol. The maximum atomic E-state index is 12.3. The summed E-state index contributed by atoms with van der Waals surface area (Å²) in [6.07, 6.45) is 4.17. The molecule has 0 spiro atoms. The van der Waals surface area contributed by atoms with Crippen molar-refractivity contribution in [1.82, 2.24) is 14.8 Å². The fourth-order valence-corrected chi connectivity index (χ4v) is 2.99. The lowest BCUT2D eigenvalue weighted by Crippen LogP contribution is -2.35. The van der Waals surface area contributed by atoms with Crippen molar-refractivity contribution in [3.63, 3.8) is 0 Å². The van der Waals surface area contributed by atoms with Gasteiger partial charge in [0, 0.05) is 18.9 Å². The second kappa shape index (κ2) is 5.76. The average Bonchev–Trinajstić information content (AvgIpc) is 2.73. The molecule has 112 valence electrons. The van der Waals surface area contributed by atoms with Crippen LogP contribution in [-0.2, 0) is 22.1 Å². The summed E-state index contributed by atoms with van der Waals surface area (Å²) in [5, 5.41) is 5.35. The van der Waals surface area contributed by atoms with Crippen LogP contribution in [0.15, 0.2) is 12.3 Å². The van der Waals surface area contributed by atoms with Gasteiger partial charge in [-0.25, -0.2) is 0 Å². The van der Waals surface area contributed by atoms with Crippen molar-refractivity contribution in [2.24, 2.45) is 7.05 Å². The standard InChI is InChI=1S/C16H21N3O2/c1-5-6-16(7-8-20,12(3)21)15-9-13-11(2)18-19(4)14(13)10-17-15/h8-10H,5-7H2,1-4H3. The van der Waals surface area contributed by atoms with Gasteiger partial charge in [-0.2, -0.15) is 5.10 Å². The molecule has 5 nitrogen and oxygen atoms in total. The van der Waals surface area contributed by atoms with E-state index in [2.05, 4.69) is 10.1 Å². The van der Waals surface area contributed by atoms with Crippen LogP contribution in [0.25, 0.3) is 10.9 Å². The average molecular weight is 287 g/mol. The van der Waals surface area contributed by atoms with Crippen molar-refractivity contribution in [1.29, 1.82) is 0 Å². The first kappa shape index (κ1) is 15.4. The molecular weight excluding hydrogens is 266 g/mol. The van der Waals surface area contributed by atoms with Crippen LogP contribution in [0.1, 0.15) is 44.5 Å². The number of Topliss-reactive ketones (excluding diaryl/α,β-unsaturated/α-hetero) is 1. The van der Waals surface area contributed by atoms with E-state index in [-0.39, 0.29) is 12.2 Å². The highest BCUT2D eigenvalue weighted by Crippen LogP contribution is 2.34. The van der Waals surface area contributed by atoms with Gasteiger partial charge in [-0.15, -0.1) is 0 Å². The van der Waals surface area contributed by atoms with Crippen molar-refractivity contribution < 1.29 is 9.59 Å². The van der Waals surface area contributed by atoms with Crippen LogP contribution in [0.3, 0.4) is 0 Å². The summed E-state index contributed by atoms with van der Waals surface area (Å²) in [6, 6.07) is 1.91. The van der Waals surface area contributed by atoms with Crippen LogP contribution in [0.2, 0.25) is 0 Å². The smallest absolute Gasteiger partial charge is 0.142 e. The van der Waals surface area contributed by atoms with E-state index in [9.17, 15) is 9.59 Å². The molecule has 0 amide bonds. The number of aldehydes is 1. The third kappa shape index (κ3) is 2.48. The van der Waals surface area contributed by atoms with Crippen molar-refractivity contribution in [2.75, 3.05) is 0 Å². The SMILES string of the molecule is CCCC(CC=O)(C(C)=O)c1cc2c(C)nn(C)c2cn1. The maximum absolute atomic E-state index is 12.3. The predicted molar refractivity (Wildman–Crippen MR) is 81.2 cm³/mol. The van der Waals surface area contributed by atoms with E-state index in [1.165, 1.54) is 0 Å². The highest BCUT2D eigenvalue weighted by atomic mass is 16.1. The minimum absolute atomic E-state index is 0.00940. The van der Waals surface area contributed by atoms with Gasteiger partial charge in [0.25, 0.3) is 0 Å². The van der Waals surface area contributed by atoms with Crippen molar-refractivity contribution in [2.45, 2.75) is 45.4 Å². The highest BCUT2D eigenvalue weighted by Gasteiger charge is 2.37. The van der Waals surface area contributed by atoms with Crippen LogP contribution in [-0.4, -0.2) is 26.8 Å². The van der Waals surface area contributed by atoms with Gasteiger partial charge in [0.2, 0.25) is 0 Å². The molecule has 0 radical (unpaired) electrons. The summed E-state index contributed by atoms with van der Waals surface area (Å²) in [5.74, 6) is -0.00940. The van der Waals surface area contributed by atoms with Crippen LogP contribution in [0.5, 0.6) is 0 Å². The Bertz CT molecular complexity index is 690. The Morgan fingerprint density at radius 1 is 1.48 bits per heavy atom. The number of aromatic nitrogens is 3. The first-order chi connectivity index (χ1) is 9.96. The van der Waals surface area contributed by atoms with E-state index in [0.29, 0.717) is 12.1 Å². The first-order valence-corrected chi connectivity index (χ1v) is 7.20. The number of carbonyl (C=O) groups is 2. The van der Waals surface area contributed by atoms with Crippen molar-refractivity contribution in [3.05, 3.63) is 23.7 Å². The second-order valence-electron chi connectivity index (χ2n) is 5.55. The van der Waals surface area contributed by atoms with Gasteiger partial charge in [0.05, 0.1) is 28.5 Å². The minimum Gasteiger partial charge on any atom is -0.303 e. The Balaban J connectivity index is 2.66. The minimum atomic E-state index is -0.813. The third-order valence-electron chi connectivity index (χ3n) is 4.19. The molecule has 0 fully saturated rings. The Kier molecular flexibility index (Phi) is 4.21. The zero-order valence-electron chi connectivity index (χ0n) is 13.0. The quantitative estimate of drug-likeness (QED) is 0.766. The molecule has 0 aliphatic rings. The van der Waals surface area contributed by atoms with E-state index >= 15 is 0 Å². The maximum Gasteiger partial charge on any atom is 0.142 e. The number of fused-ring (bicyclic) bond motifs is 1. The van der Waals surface area contributed by atoms with Crippen LogP contribution >= 0.6 is 0 Å². The van der Waals surface area contributed by atoms with Gasteiger partial charge in [-0.05, 0) is 26.3 Å². The fraction of sp³-hybridized carbons (Fsp3) is 0.500. The Morgan fingerprint density at radius 3 is 2.76 bits per heavy atom. The Labute approximate surface area is 124 Å². The molecular formula is C16H21N3O2. The normalized spacial score (nSPS) is 14.1. The summed E-state index contributed by atoms with van der Waals surface area (Å²) in [6.45, 7) is 5.48. The van der Waals surface area contributed by atoms with Crippen molar-refractivity contribution >= 4 is 23.0 Å². The third-order valence-corrected chi connectivity index (χ3v) is 4.19. The first-order valence-electron chi connectivity index (χ1n) is 7.20. The molecule has 21 heavy (non-hydrogen) atoms. The molecule has 0 N–H and O–H groups in total. The number of ketones is 1. The van der Waals surface area contributed by atoms with Gasteiger partial charge in [0.1, 0.15) is 12.1 Å². The molecule has 2 aromatic heterocycles. The lowest BCUT2D eigenvalue weighted by atomic mass is 9.74. The van der Waals surface area contributed by atoms with Gasteiger partial charge in [-0.3, -0.25) is 14.5 Å². The van der Waals surface area contributed by atoms with Crippen LogP contribution < -0.4 is 0 Å². The molecule has 2 aromatic rings. The van der Waals surface area contributed by atoms with Gasteiger partial charge < -0.3 is 4.79 Å². The zero-order chi connectivity index (χ0) is 15.6. The molecule has 0 saturated carbocycles. The number of nitrogens with zero attached hydrogens (tertiary/aromatic N) is 3. The Morgan fingerprint density at radius 2 is 2.19 bits per heavy atom. The van der Waals surface area contributed by atoms with E-state index < -0.39 is 5.41 Å². The molecule has 5 heteroatoms. The summed E-state index contributed by atoms with van der Waals surface area (Å²) < 4.78 is 1.77. The molecule has 0 aromatic carbocycles. The number of pyridine rings is 1. The lowest BCUT2D eigenvalue weighted by molar-refractivity contribution is -0.125. The number of aryl methyl sites for hydroxylation is 2. The molecule has 2 rings (SSSR count). The number of hydrogen-bond donors (Lipinski definition) is 0. The summed E-state index contributed by atoms with van der Waals surface area (Å²) in [4.78, 5) is 27.8. The lowest BCUT2D eigenvalue weighted by Gasteiger charge is -2.28. The highest BCUT2D eigenvalue weighted by molar-refractivity contribution is 5.91. The molecule has 1 atom stereocenters. The molecule has 0 aliphatic heterocycles. The molecule has 0 aliphatic carbocycles. The van der Waals surface area contributed by atoms with E-state index in [4.69, 9.17) is 0 Å². The van der Waals surface area contributed by atoms with E-state index in [1.54, 1.807) is 17.8 Å². The molecule has 0 saturated heterocycles. The second-order valence-corrected chi connectivity index (χ2v) is 5.55.